The molecule has 1 heterocycles. The van der Waals surface area contributed by atoms with Crippen molar-refractivity contribution in [3.05, 3.63) is 15.6 Å². The van der Waals surface area contributed by atoms with Crippen molar-refractivity contribution >= 4 is 23.3 Å². The van der Waals surface area contributed by atoms with Crippen LogP contribution in [0.25, 0.3) is 0 Å². The summed E-state index contributed by atoms with van der Waals surface area (Å²) >= 11 is 1.72. The lowest BCUT2D eigenvalue weighted by Gasteiger charge is -2.11. The van der Waals surface area contributed by atoms with Crippen LogP contribution < -0.4 is 10.6 Å². The summed E-state index contributed by atoms with van der Waals surface area (Å²) in [6, 6.07) is 0. The number of carbonyl (C=O) groups excluding carboxylic acids is 1. The molecule has 0 spiro atoms. The number of hydrogen-bond acceptors (Lipinski definition) is 5. The maximum absolute atomic E-state index is 11.2. The van der Waals surface area contributed by atoms with Crippen molar-refractivity contribution in [1.82, 2.24) is 15.6 Å². The number of aliphatic imine (C=N–C) groups is 1. The Hall–Kier alpha value is -1.63. The van der Waals surface area contributed by atoms with Gasteiger partial charge in [0, 0.05) is 24.9 Å². The summed E-state index contributed by atoms with van der Waals surface area (Å²) < 4.78 is 4.91. The monoisotopic (exact) mass is 354 g/mol. The minimum Gasteiger partial charge on any atom is -0.466 e. The zero-order valence-electron chi connectivity index (χ0n) is 15.3. The summed E-state index contributed by atoms with van der Waals surface area (Å²) in [6.45, 7) is 7.98. The molecule has 0 atom stereocenters. The Morgan fingerprint density at radius 2 is 1.96 bits per heavy atom. The van der Waals surface area contributed by atoms with E-state index in [0.29, 0.717) is 13.0 Å². The first-order valence-corrected chi connectivity index (χ1v) is 9.41. The highest BCUT2D eigenvalue weighted by atomic mass is 32.1. The highest BCUT2D eigenvalue weighted by Gasteiger charge is 2.05. The number of ether oxygens (including phenoxy) is 1. The fourth-order valence-electron chi connectivity index (χ4n) is 2.31. The number of nitrogens with zero attached hydrogens (tertiary/aromatic N) is 2. The molecule has 7 heteroatoms. The molecule has 136 valence electrons. The number of aromatic nitrogens is 1. The van der Waals surface area contributed by atoms with Crippen LogP contribution in [-0.4, -0.2) is 37.1 Å². The van der Waals surface area contributed by atoms with Gasteiger partial charge in [0.05, 0.1) is 23.9 Å². The molecule has 0 aliphatic heterocycles. The number of carbonyl (C=O) groups is 1. The molecule has 1 rings (SSSR count). The van der Waals surface area contributed by atoms with Crippen LogP contribution in [0.3, 0.4) is 0 Å². The standard InChI is InChI=1S/C17H30N4O2S/c1-5-23-16(22)10-8-6-7-9-11-19-17(18-4)20-12-15-13(2)21-14(3)24-15/h5-12H2,1-4H3,(H2,18,19,20). The molecule has 0 amide bonds. The van der Waals surface area contributed by atoms with Crippen LogP contribution >= 0.6 is 11.3 Å². The summed E-state index contributed by atoms with van der Waals surface area (Å²) in [5.41, 5.74) is 1.09. The number of guanidine groups is 1. The predicted octanol–water partition coefficient (Wildman–Crippen LogP) is 2.94. The van der Waals surface area contributed by atoms with Gasteiger partial charge >= 0.3 is 5.97 Å². The maximum atomic E-state index is 11.2. The first-order valence-electron chi connectivity index (χ1n) is 8.59. The van der Waals surface area contributed by atoms with Crippen LogP contribution in [0.5, 0.6) is 0 Å². The molecule has 24 heavy (non-hydrogen) atoms. The Labute approximate surface area is 149 Å². The number of aryl methyl sites for hydroxylation is 2. The molecular weight excluding hydrogens is 324 g/mol. The Bertz CT molecular complexity index is 529. The SMILES string of the molecule is CCOC(=O)CCCCCCNC(=NC)NCc1sc(C)nc1C. The van der Waals surface area contributed by atoms with Crippen molar-refractivity contribution in [2.75, 3.05) is 20.2 Å². The fourth-order valence-corrected chi connectivity index (χ4v) is 3.19. The molecular formula is C17H30N4O2S. The maximum Gasteiger partial charge on any atom is 0.305 e. The van der Waals surface area contributed by atoms with E-state index in [1.807, 2.05) is 20.8 Å². The molecule has 0 saturated carbocycles. The zero-order chi connectivity index (χ0) is 17.8. The van der Waals surface area contributed by atoms with Gasteiger partial charge in [-0.05, 0) is 33.6 Å². The van der Waals surface area contributed by atoms with Gasteiger partial charge in [-0.1, -0.05) is 12.8 Å². The van der Waals surface area contributed by atoms with E-state index < -0.39 is 0 Å². The summed E-state index contributed by atoms with van der Waals surface area (Å²) in [4.78, 5) is 21.1. The van der Waals surface area contributed by atoms with Crippen molar-refractivity contribution in [2.45, 2.75) is 59.4 Å². The Morgan fingerprint density at radius 1 is 1.21 bits per heavy atom. The van der Waals surface area contributed by atoms with E-state index in [1.54, 1.807) is 18.4 Å². The van der Waals surface area contributed by atoms with Crippen LogP contribution in [0.1, 0.15) is 54.6 Å². The van der Waals surface area contributed by atoms with Crippen molar-refractivity contribution in [3.63, 3.8) is 0 Å². The van der Waals surface area contributed by atoms with E-state index in [1.165, 1.54) is 4.88 Å². The number of hydrogen-bond donors (Lipinski definition) is 2. The molecule has 6 nitrogen and oxygen atoms in total. The van der Waals surface area contributed by atoms with Crippen LogP contribution in [0.2, 0.25) is 0 Å². The topological polar surface area (TPSA) is 75.6 Å². The molecule has 0 fully saturated rings. The number of esters is 1. The highest BCUT2D eigenvalue weighted by molar-refractivity contribution is 7.11. The second-order valence-corrected chi connectivity index (χ2v) is 6.85. The van der Waals surface area contributed by atoms with Crippen molar-refractivity contribution < 1.29 is 9.53 Å². The Kier molecular flexibility index (Phi) is 10.1. The van der Waals surface area contributed by atoms with Crippen molar-refractivity contribution in [2.24, 2.45) is 4.99 Å². The van der Waals surface area contributed by atoms with Gasteiger partial charge in [-0.25, -0.2) is 4.98 Å². The summed E-state index contributed by atoms with van der Waals surface area (Å²) in [5, 5.41) is 7.73. The summed E-state index contributed by atoms with van der Waals surface area (Å²) in [7, 11) is 1.78. The van der Waals surface area contributed by atoms with Crippen LogP contribution in [-0.2, 0) is 16.1 Å². The third-order valence-electron chi connectivity index (χ3n) is 3.55. The van der Waals surface area contributed by atoms with E-state index in [9.17, 15) is 4.79 Å². The largest absolute Gasteiger partial charge is 0.466 e. The Morgan fingerprint density at radius 3 is 2.58 bits per heavy atom. The normalized spacial score (nSPS) is 11.4. The lowest BCUT2D eigenvalue weighted by atomic mass is 10.1. The lowest BCUT2D eigenvalue weighted by Crippen LogP contribution is -2.37. The van der Waals surface area contributed by atoms with Crippen molar-refractivity contribution in [1.29, 1.82) is 0 Å². The molecule has 1 aromatic heterocycles. The number of thiazole rings is 1. The minimum atomic E-state index is -0.0891. The number of rotatable bonds is 10. The molecule has 0 saturated heterocycles. The number of unbranched alkanes of at least 4 members (excludes halogenated alkanes) is 3. The molecule has 0 aromatic carbocycles. The molecule has 0 bridgehead atoms. The van der Waals surface area contributed by atoms with Gasteiger partial charge in [0.2, 0.25) is 0 Å². The third-order valence-corrected chi connectivity index (χ3v) is 4.62. The first-order chi connectivity index (χ1) is 11.6. The van der Waals surface area contributed by atoms with E-state index >= 15 is 0 Å². The van der Waals surface area contributed by atoms with Gasteiger partial charge in [-0.2, -0.15) is 0 Å². The van der Waals surface area contributed by atoms with Crippen LogP contribution in [0.15, 0.2) is 4.99 Å². The lowest BCUT2D eigenvalue weighted by molar-refractivity contribution is -0.143. The van der Waals surface area contributed by atoms with Gasteiger partial charge in [0.15, 0.2) is 5.96 Å². The van der Waals surface area contributed by atoms with E-state index in [-0.39, 0.29) is 5.97 Å². The predicted molar refractivity (Wildman–Crippen MR) is 99.5 cm³/mol. The smallest absolute Gasteiger partial charge is 0.305 e. The van der Waals surface area contributed by atoms with E-state index in [2.05, 4.69) is 20.6 Å². The molecule has 1 aromatic rings. The number of nitrogens with one attached hydrogen (secondary N) is 2. The van der Waals surface area contributed by atoms with Gasteiger partial charge in [0.25, 0.3) is 0 Å². The molecule has 0 aliphatic carbocycles. The van der Waals surface area contributed by atoms with Crippen molar-refractivity contribution in [3.8, 4) is 0 Å². The average molecular weight is 355 g/mol. The Balaban J connectivity index is 2.10. The van der Waals surface area contributed by atoms with E-state index in [4.69, 9.17) is 4.74 Å². The average Bonchev–Trinajstić information content (AvgIpc) is 2.87. The molecule has 2 N–H and O–H groups in total. The summed E-state index contributed by atoms with van der Waals surface area (Å²) in [6.07, 6.45) is 4.62. The summed E-state index contributed by atoms with van der Waals surface area (Å²) in [5.74, 6) is 0.723. The fraction of sp³-hybridized carbons (Fsp3) is 0.706. The van der Waals surface area contributed by atoms with E-state index in [0.717, 1.165) is 55.4 Å². The van der Waals surface area contributed by atoms with Gasteiger partial charge < -0.3 is 15.4 Å². The van der Waals surface area contributed by atoms with Gasteiger partial charge in [-0.3, -0.25) is 9.79 Å². The second-order valence-electron chi connectivity index (χ2n) is 5.56. The second kappa shape index (κ2) is 11.8. The van der Waals surface area contributed by atoms with Crippen LogP contribution in [0.4, 0.5) is 0 Å². The molecule has 0 radical (unpaired) electrons. The quantitative estimate of drug-likeness (QED) is 0.292. The molecule has 0 unspecified atom stereocenters. The third kappa shape index (κ3) is 8.29. The van der Waals surface area contributed by atoms with Gasteiger partial charge in [0.1, 0.15) is 0 Å². The minimum absolute atomic E-state index is 0.0891. The molecule has 0 aliphatic rings. The highest BCUT2D eigenvalue weighted by Crippen LogP contribution is 2.16. The van der Waals surface area contributed by atoms with Gasteiger partial charge in [-0.15, -0.1) is 11.3 Å². The first kappa shape index (κ1) is 20.4. The zero-order valence-corrected chi connectivity index (χ0v) is 16.1. The van der Waals surface area contributed by atoms with Crippen LogP contribution in [0, 0.1) is 13.8 Å².